The molecule has 2 aromatic rings. The lowest BCUT2D eigenvalue weighted by Crippen LogP contribution is -2.07. The predicted octanol–water partition coefficient (Wildman–Crippen LogP) is 2.89. The highest BCUT2D eigenvalue weighted by Crippen LogP contribution is 2.34. The molecule has 74 valence electrons. The van der Waals surface area contributed by atoms with Crippen LogP contribution in [0.2, 0.25) is 0 Å². The Morgan fingerprint density at radius 3 is 2.64 bits per heavy atom. The van der Waals surface area contributed by atoms with Gasteiger partial charge in [0.1, 0.15) is 0 Å². The number of nitrogens with one attached hydrogen (secondary N) is 1. The minimum Gasteiger partial charge on any atom is -0.278 e. The Bertz CT molecular complexity index is 470. The molecular weight excluding hydrogens is 193 g/mol. The molecule has 0 saturated carbocycles. The topological polar surface area (TPSA) is 28.7 Å². The summed E-state index contributed by atoms with van der Waals surface area (Å²) < 4.78 is 37.4. The van der Waals surface area contributed by atoms with Gasteiger partial charge in [-0.05, 0) is 24.6 Å². The van der Waals surface area contributed by atoms with Crippen molar-refractivity contribution in [3.63, 3.8) is 0 Å². The summed E-state index contributed by atoms with van der Waals surface area (Å²) in [6.07, 6.45) is -2.89. The molecule has 1 heterocycles. The molecule has 1 aromatic heterocycles. The minimum absolute atomic E-state index is 0.212. The third-order valence-corrected chi connectivity index (χ3v) is 2.20. The summed E-state index contributed by atoms with van der Waals surface area (Å²) in [6.45, 7) is 1.45. The monoisotopic (exact) mass is 200 g/mol. The zero-order chi connectivity index (χ0) is 10.3. The number of rotatable bonds is 0. The second-order valence-electron chi connectivity index (χ2n) is 3.07. The third kappa shape index (κ3) is 1.25. The minimum atomic E-state index is -4.30. The number of H-pyrrole nitrogens is 1. The molecule has 0 aliphatic heterocycles. The van der Waals surface area contributed by atoms with Crippen LogP contribution in [-0.2, 0) is 6.18 Å². The Morgan fingerprint density at radius 2 is 2.00 bits per heavy atom. The summed E-state index contributed by atoms with van der Waals surface area (Å²) in [5.41, 5.74) is 0.227. The zero-order valence-electron chi connectivity index (χ0n) is 7.31. The van der Waals surface area contributed by atoms with Gasteiger partial charge in [0.05, 0.1) is 17.3 Å². The quantitative estimate of drug-likeness (QED) is 0.695. The summed E-state index contributed by atoms with van der Waals surface area (Å²) in [4.78, 5) is 0. The largest absolute Gasteiger partial charge is 0.416 e. The van der Waals surface area contributed by atoms with E-state index in [1.54, 1.807) is 0 Å². The molecule has 2 nitrogen and oxygen atoms in total. The maximum atomic E-state index is 12.5. The number of hydrogen-bond donors (Lipinski definition) is 1. The number of aromatic amines is 1. The molecule has 1 N–H and O–H groups in total. The van der Waals surface area contributed by atoms with Gasteiger partial charge in [-0.15, -0.1) is 0 Å². The normalized spacial score (nSPS) is 12.3. The molecule has 0 saturated heterocycles. The molecular formula is C9H7F3N2. The van der Waals surface area contributed by atoms with Crippen molar-refractivity contribution >= 4 is 10.9 Å². The smallest absolute Gasteiger partial charge is 0.278 e. The van der Waals surface area contributed by atoms with Crippen LogP contribution in [0.3, 0.4) is 0 Å². The number of hydrogen-bond acceptors (Lipinski definition) is 1. The highest BCUT2D eigenvalue weighted by Gasteiger charge is 2.32. The van der Waals surface area contributed by atoms with Crippen molar-refractivity contribution in [2.75, 3.05) is 0 Å². The lowest BCUT2D eigenvalue weighted by atomic mass is 10.0. The maximum Gasteiger partial charge on any atom is 0.416 e. The van der Waals surface area contributed by atoms with Crippen molar-refractivity contribution in [2.24, 2.45) is 0 Å². The predicted molar refractivity (Wildman–Crippen MR) is 45.8 cm³/mol. The van der Waals surface area contributed by atoms with Gasteiger partial charge < -0.3 is 0 Å². The van der Waals surface area contributed by atoms with Crippen LogP contribution in [-0.4, -0.2) is 10.2 Å². The van der Waals surface area contributed by atoms with E-state index in [9.17, 15) is 13.2 Å². The summed E-state index contributed by atoms with van der Waals surface area (Å²) in [5, 5.41) is 6.83. The first-order valence-electron chi connectivity index (χ1n) is 4.00. The number of aryl methyl sites for hydroxylation is 1. The van der Waals surface area contributed by atoms with Crippen molar-refractivity contribution in [3.8, 4) is 0 Å². The van der Waals surface area contributed by atoms with Crippen LogP contribution in [0.15, 0.2) is 18.3 Å². The first-order valence-corrected chi connectivity index (χ1v) is 4.00. The second kappa shape index (κ2) is 2.73. The van der Waals surface area contributed by atoms with Crippen molar-refractivity contribution in [1.29, 1.82) is 0 Å². The fraction of sp³-hybridized carbons (Fsp3) is 0.222. The zero-order valence-corrected chi connectivity index (χ0v) is 7.31. The number of aromatic nitrogens is 2. The average Bonchev–Trinajstić information content (AvgIpc) is 2.50. The lowest BCUT2D eigenvalue weighted by molar-refractivity contribution is -0.137. The number of nitrogens with zero attached hydrogens (tertiary/aromatic N) is 1. The Morgan fingerprint density at radius 1 is 1.29 bits per heavy atom. The van der Waals surface area contributed by atoms with E-state index >= 15 is 0 Å². The van der Waals surface area contributed by atoms with Crippen LogP contribution in [0.25, 0.3) is 10.9 Å². The van der Waals surface area contributed by atoms with Gasteiger partial charge in [-0.3, -0.25) is 5.10 Å². The van der Waals surface area contributed by atoms with Gasteiger partial charge in [0.25, 0.3) is 0 Å². The highest BCUT2D eigenvalue weighted by molar-refractivity contribution is 5.82. The molecule has 0 atom stereocenters. The number of alkyl halides is 3. The number of benzene rings is 1. The van der Waals surface area contributed by atoms with Crippen LogP contribution in [0.5, 0.6) is 0 Å². The highest BCUT2D eigenvalue weighted by atomic mass is 19.4. The summed E-state index contributed by atoms with van der Waals surface area (Å²) >= 11 is 0. The lowest BCUT2D eigenvalue weighted by Gasteiger charge is -2.09. The van der Waals surface area contributed by atoms with E-state index in [-0.39, 0.29) is 5.56 Å². The van der Waals surface area contributed by atoms with E-state index in [4.69, 9.17) is 0 Å². The van der Waals surface area contributed by atoms with Gasteiger partial charge in [0.15, 0.2) is 0 Å². The molecule has 0 unspecified atom stereocenters. The van der Waals surface area contributed by atoms with E-state index in [0.717, 1.165) is 6.07 Å². The van der Waals surface area contributed by atoms with Gasteiger partial charge in [0, 0.05) is 5.39 Å². The van der Waals surface area contributed by atoms with Crippen molar-refractivity contribution < 1.29 is 13.2 Å². The molecule has 0 bridgehead atoms. The molecule has 0 amide bonds. The number of halogens is 3. The van der Waals surface area contributed by atoms with Crippen LogP contribution in [0, 0.1) is 6.92 Å². The van der Waals surface area contributed by atoms with Crippen LogP contribution >= 0.6 is 0 Å². The van der Waals surface area contributed by atoms with E-state index < -0.39 is 11.7 Å². The molecule has 0 aliphatic carbocycles. The average molecular weight is 200 g/mol. The first-order chi connectivity index (χ1) is 6.50. The fourth-order valence-electron chi connectivity index (χ4n) is 1.47. The van der Waals surface area contributed by atoms with Gasteiger partial charge in [-0.1, -0.05) is 0 Å². The molecule has 14 heavy (non-hydrogen) atoms. The van der Waals surface area contributed by atoms with Gasteiger partial charge in [-0.2, -0.15) is 18.3 Å². The van der Waals surface area contributed by atoms with Crippen LogP contribution in [0.1, 0.15) is 11.1 Å². The molecule has 0 spiro atoms. The summed E-state index contributed by atoms with van der Waals surface area (Å²) in [7, 11) is 0. The molecule has 0 aliphatic rings. The van der Waals surface area contributed by atoms with Crippen molar-refractivity contribution in [3.05, 3.63) is 29.5 Å². The van der Waals surface area contributed by atoms with Crippen molar-refractivity contribution in [2.45, 2.75) is 13.1 Å². The molecule has 1 aromatic carbocycles. The van der Waals surface area contributed by atoms with E-state index in [1.807, 2.05) is 0 Å². The SMILES string of the molecule is Cc1c(C(F)(F)F)ccc2[nH]ncc12. The summed E-state index contributed by atoms with van der Waals surface area (Å²) in [6, 6.07) is 2.45. The maximum absolute atomic E-state index is 12.5. The molecule has 5 heteroatoms. The fourth-order valence-corrected chi connectivity index (χ4v) is 1.47. The second-order valence-corrected chi connectivity index (χ2v) is 3.07. The third-order valence-electron chi connectivity index (χ3n) is 2.20. The first kappa shape index (κ1) is 9.05. The van der Waals surface area contributed by atoms with E-state index in [0.29, 0.717) is 10.9 Å². The Labute approximate surface area is 77.7 Å². The molecule has 0 radical (unpaired) electrons. The van der Waals surface area contributed by atoms with Gasteiger partial charge in [-0.25, -0.2) is 0 Å². The Hall–Kier alpha value is -1.52. The van der Waals surface area contributed by atoms with Crippen molar-refractivity contribution in [1.82, 2.24) is 10.2 Å². The Kier molecular flexibility index (Phi) is 1.77. The Balaban J connectivity index is 2.74. The van der Waals surface area contributed by atoms with Gasteiger partial charge >= 0.3 is 6.18 Å². The molecule has 0 fully saturated rings. The number of fused-ring (bicyclic) bond motifs is 1. The molecule has 2 rings (SSSR count). The standard InChI is InChI=1S/C9H7F3N2/c1-5-6-4-13-14-8(6)3-2-7(5)9(10,11)12/h2-4H,1H3,(H,13,14). The van der Waals surface area contributed by atoms with Crippen LogP contribution < -0.4 is 0 Å². The van der Waals surface area contributed by atoms with E-state index in [2.05, 4.69) is 10.2 Å². The van der Waals surface area contributed by atoms with E-state index in [1.165, 1.54) is 19.2 Å². The summed E-state index contributed by atoms with van der Waals surface area (Å²) in [5.74, 6) is 0. The van der Waals surface area contributed by atoms with Crippen LogP contribution in [0.4, 0.5) is 13.2 Å². The van der Waals surface area contributed by atoms with Gasteiger partial charge in [0.2, 0.25) is 0 Å².